The maximum atomic E-state index is 12.2. The van der Waals surface area contributed by atoms with Crippen LogP contribution in [0.5, 0.6) is 11.5 Å². The first kappa shape index (κ1) is 15.0. The van der Waals surface area contributed by atoms with E-state index in [2.05, 4.69) is 15.6 Å². The minimum Gasteiger partial charge on any atom is -0.454 e. The molecule has 1 aromatic heterocycles. The molecule has 6 heteroatoms. The maximum absolute atomic E-state index is 12.2. The van der Waals surface area contributed by atoms with Gasteiger partial charge in [0, 0.05) is 17.4 Å². The van der Waals surface area contributed by atoms with Crippen LogP contribution in [-0.4, -0.2) is 17.7 Å². The molecule has 1 aliphatic rings. The number of rotatable bonds is 4. The number of hydrogen-bond acceptors (Lipinski definition) is 5. The summed E-state index contributed by atoms with van der Waals surface area (Å²) in [7, 11) is 0. The van der Waals surface area contributed by atoms with Crippen LogP contribution in [0, 0.1) is 0 Å². The van der Waals surface area contributed by atoms with Gasteiger partial charge in [-0.2, -0.15) is 0 Å². The molecule has 0 bridgehead atoms. The summed E-state index contributed by atoms with van der Waals surface area (Å²) >= 11 is 0. The maximum Gasteiger partial charge on any atom is 0.274 e. The predicted molar refractivity (Wildman–Crippen MR) is 94.5 cm³/mol. The van der Waals surface area contributed by atoms with Gasteiger partial charge in [-0.1, -0.05) is 18.2 Å². The Hall–Kier alpha value is -3.54. The van der Waals surface area contributed by atoms with Gasteiger partial charge in [-0.15, -0.1) is 0 Å². The van der Waals surface area contributed by atoms with Crippen molar-refractivity contribution in [3.05, 3.63) is 72.6 Å². The fourth-order valence-corrected chi connectivity index (χ4v) is 2.46. The molecule has 0 radical (unpaired) electrons. The number of hydrogen-bond donors (Lipinski definition) is 2. The van der Waals surface area contributed by atoms with Crippen molar-refractivity contribution in [2.24, 2.45) is 0 Å². The van der Waals surface area contributed by atoms with Gasteiger partial charge < -0.3 is 20.1 Å². The summed E-state index contributed by atoms with van der Waals surface area (Å²) in [6.45, 7) is 0.242. The standard InChI is InChI=1S/C19H15N3O3/c23-19(22-13-4-2-1-3-5-13)16-8-6-15(11-20-16)21-14-7-9-17-18(10-14)25-12-24-17/h1-11,21H,12H2,(H,22,23). The van der Waals surface area contributed by atoms with Crippen LogP contribution < -0.4 is 20.1 Å². The minimum absolute atomic E-state index is 0.242. The first-order valence-corrected chi connectivity index (χ1v) is 7.77. The Morgan fingerprint density at radius 3 is 2.48 bits per heavy atom. The zero-order chi connectivity index (χ0) is 17.1. The number of benzene rings is 2. The SMILES string of the molecule is O=C(Nc1ccccc1)c1ccc(Nc2ccc3c(c2)OCO3)cn1. The van der Waals surface area contributed by atoms with Gasteiger partial charge in [-0.3, -0.25) is 4.79 Å². The van der Waals surface area contributed by atoms with Crippen molar-refractivity contribution in [2.45, 2.75) is 0 Å². The molecule has 2 aromatic carbocycles. The van der Waals surface area contributed by atoms with E-state index in [-0.39, 0.29) is 12.7 Å². The Morgan fingerprint density at radius 2 is 1.68 bits per heavy atom. The third-order valence-electron chi connectivity index (χ3n) is 3.69. The van der Waals surface area contributed by atoms with Crippen LogP contribution in [-0.2, 0) is 0 Å². The number of ether oxygens (including phenoxy) is 2. The average Bonchev–Trinajstić information content (AvgIpc) is 3.11. The summed E-state index contributed by atoms with van der Waals surface area (Å²) in [5, 5.41) is 6.02. The molecule has 6 nitrogen and oxygen atoms in total. The van der Waals surface area contributed by atoms with Crippen LogP contribution in [0.3, 0.4) is 0 Å². The summed E-state index contributed by atoms with van der Waals surface area (Å²) in [6, 6.07) is 18.3. The van der Waals surface area contributed by atoms with Crippen molar-refractivity contribution in [1.29, 1.82) is 0 Å². The Balaban J connectivity index is 1.44. The van der Waals surface area contributed by atoms with Gasteiger partial charge in [0.05, 0.1) is 11.9 Å². The van der Waals surface area contributed by atoms with E-state index in [4.69, 9.17) is 9.47 Å². The molecule has 0 unspecified atom stereocenters. The molecule has 2 N–H and O–H groups in total. The highest BCUT2D eigenvalue weighted by molar-refractivity contribution is 6.02. The normalized spacial score (nSPS) is 11.8. The average molecular weight is 333 g/mol. The Labute approximate surface area is 144 Å². The summed E-state index contributed by atoms with van der Waals surface area (Å²) in [5.41, 5.74) is 2.71. The highest BCUT2D eigenvalue weighted by Crippen LogP contribution is 2.35. The highest BCUT2D eigenvalue weighted by Gasteiger charge is 2.13. The van der Waals surface area contributed by atoms with Gasteiger partial charge in [0.1, 0.15) is 5.69 Å². The largest absolute Gasteiger partial charge is 0.454 e. The van der Waals surface area contributed by atoms with Crippen molar-refractivity contribution in [2.75, 3.05) is 17.4 Å². The number of nitrogens with one attached hydrogen (secondary N) is 2. The van der Waals surface area contributed by atoms with Crippen LogP contribution in [0.15, 0.2) is 66.9 Å². The van der Waals surface area contributed by atoms with Crippen molar-refractivity contribution < 1.29 is 14.3 Å². The number of carbonyl (C=O) groups is 1. The molecule has 0 saturated carbocycles. The fraction of sp³-hybridized carbons (Fsp3) is 0.0526. The Kier molecular flexibility index (Phi) is 3.92. The number of anilines is 3. The van der Waals surface area contributed by atoms with Gasteiger partial charge in [0.15, 0.2) is 11.5 Å². The molecule has 0 fully saturated rings. The Morgan fingerprint density at radius 1 is 0.880 bits per heavy atom. The molecule has 1 amide bonds. The molecule has 3 aromatic rings. The lowest BCUT2D eigenvalue weighted by Gasteiger charge is -2.08. The molecule has 0 aliphatic carbocycles. The van der Waals surface area contributed by atoms with Crippen molar-refractivity contribution in [3.8, 4) is 11.5 Å². The van der Waals surface area contributed by atoms with Crippen LogP contribution in [0.4, 0.5) is 17.1 Å². The highest BCUT2D eigenvalue weighted by atomic mass is 16.7. The number of carbonyl (C=O) groups excluding carboxylic acids is 1. The second-order valence-corrected chi connectivity index (χ2v) is 5.45. The van der Waals surface area contributed by atoms with E-state index in [0.29, 0.717) is 11.4 Å². The molecule has 0 atom stereocenters. The number of pyridine rings is 1. The second kappa shape index (κ2) is 6.52. The number of aromatic nitrogens is 1. The first-order valence-electron chi connectivity index (χ1n) is 7.77. The van der Waals surface area contributed by atoms with E-state index in [1.165, 1.54) is 0 Å². The van der Waals surface area contributed by atoms with E-state index in [1.54, 1.807) is 18.3 Å². The summed E-state index contributed by atoms with van der Waals surface area (Å²) in [6.07, 6.45) is 1.62. The van der Waals surface area contributed by atoms with Gasteiger partial charge in [-0.25, -0.2) is 4.98 Å². The summed E-state index contributed by atoms with van der Waals surface area (Å²) in [5.74, 6) is 1.19. The van der Waals surface area contributed by atoms with E-state index < -0.39 is 0 Å². The molecule has 0 spiro atoms. The minimum atomic E-state index is -0.249. The van der Waals surface area contributed by atoms with Gasteiger partial charge in [-0.05, 0) is 36.4 Å². The smallest absolute Gasteiger partial charge is 0.274 e. The van der Waals surface area contributed by atoms with E-state index in [9.17, 15) is 4.79 Å². The van der Waals surface area contributed by atoms with E-state index in [0.717, 1.165) is 22.8 Å². The second-order valence-electron chi connectivity index (χ2n) is 5.45. The van der Waals surface area contributed by atoms with E-state index >= 15 is 0 Å². The molecule has 25 heavy (non-hydrogen) atoms. The molecule has 1 aliphatic heterocycles. The number of nitrogens with zero attached hydrogens (tertiary/aromatic N) is 1. The number of para-hydroxylation sites is 1. The summed E-state index contributed by atoms with van der Waals surface area (Å²) < 4.78 is 10.6. The quantitative estimate of drug-likeness (QED) is 0.760. The van der Waals surface area contributed by atoms with E-state index in [1.807, 2.05) is 48.5 Å². The molecule has 124 valence electrons. The van der Waals surface area contributed by atoms with Gasteiger partial charge in [0.2, 0.25) is 6.79 Å². The first-order chi connectivity index (χ1) is 12.3. The molecule has 4 rings (SSSR count). The predicted octanol–water partition coefficient (Wildman–Crippen LogP) is 3.81. The van der Waals surface area contributed by atoms with Crippen molar-refractivity contribution in [1.82, 2.24) is 4.98 Å². The molecule has 0 saturated heterocycles. The lowest BCUT2D eigenvalue weighted by atomic mass is 10.2. The molecule has 2 heterocycles. The lowest BCUT2D eigenvalue weighted by Crippen LogP contribution is -2.13. The van der Waals surface area contributed by atoms with Gasteiger partial charge in [0.25, 0.3) is 5.91 Å². The Bertz CT molecular complexity index is 896. The van der Waals surface area contributed by atoms with Crippen molar-refractivity contribution >= 4 is 23.0 Å². The zero-order valence-electron chi connectivity index (χ0n) is 13.2. The van der Waals surface area contributed by atoms with Crippen LogP contribution in [0.25, 0.3) is 0 Å². The third-order valence-corrected chi connectivity index (χ3v) is 3.69. The fourth-order valence-electron chi connectivity index (χ4n) is 2.46. The lowest BCUT2D eigenvalue weighted by molar-refractivity contribution is 0.102. The third kappa shape index (κ3) is 3.37. The van der Waals surface area contributed by atoms with Crippen molar-refractivity contribution in [3.63, 3.8) is 0 Å². The summed E-state index contributed by atoms with van der Waals surface area (Å²) in [4.78, 5) is 16.4. The van der Waals surface area contributed by atoms with Crippen LogP contribution in [0.2, 0.25) is 0 Å². The topological polar surface area (TPSA) is 72.5 Å². The number of fused-ring (bicyclic) bond motifs is 1. The molecular formula is C19H15N3O3. The monoisotopic (exact) mass is 333 g/mol. The number of amides is 1. The zero-order valence-corrected chi connectivity index (χ0v) is 13.2. The van der Waals surface area contributed by atoms with Gasteiger partial charge >= 0.3 is 0 Å². The van der Waals surface area contributed by atoms with Crippen LogP contribution in [0.1, 0.15) is 10.5 Å². The molecular weight excluding hydrogens is 318 g/mol. The van der Waals surface area contributed by atoms with Crippen LogP contribution >= 0.6 is 0 Å².